The van der Waals surface area contributed by atoms with Crippen LogP contribution >= 0.6 is 22.9 Å². The smallest absolute Gasteiger partial charge is 0.105 e. The highest BCUT2D eigenvalue weighted by atomic mass is 32.1. The third-order valence-electron chi connectivity index (χ3n) is 2.39. The second-order valence-corrected chi connectivity index (χ2v) is 5.23. The fourth-order valence-corrected chi connectivity index (χ4v) is 2.77. The molecule has 0 saturated carbocycles. The first-order chi connectivity index (χ1) is 8.93. The van der Waals surface area contributed by atoms with Gasteiger partial charge in [-0.3, -0.25) is 0 Å². The van der Waals surface area contributed by atoms with Gasteiger partial charge in [-0.05, 0) is 35.8 Å². The van der Waals surface area contributed by atoms with Gasteiger partial charge in [0.1, 0.15) is 5.52 Å². The Hall–Kier alpha value is -1.85. The van der Waals surface area contributed by atoms with Gasteiger partial charge in [-0.2, -0.15) is 0 Å². The van der Waals surface area contributed by atoms with Gasteiger partial charge in [0, 0.05) is 0 Å². The Balaban J connectivity index is 0.000000111. The number of thiazole rings is 1. The minimum Gasteiger partial charge on any atom is -0.245 e. The first-order valence-corrected chi connectivity index (χ1v) is 7.04. The average Bonchev–Trinajstić information content (AvgIpc) is 3.08. The van der Waals surface area contributed by atoms with Crippen molar-refractivity contribution in [3.05, 3.63) is 54.0 Å². The van der Waals surface area contributed by atoms with Crippen molar-refractivity contribution < 1.29 is 0 Å². The average molecular weight is 271 g/mol. The predicted octanol–water partition coefficient (Wildman–Crippen LogP) is 3.99. The zero-order valence-electron chi connectivity index (χ0n) is 9.35. The molecule has 0 aliphatic carbocycles. The molecule has 0 N–H and O–H groups in total. The van der Waals surface area contributed by atoms with Gasteiger partial charge in [0.2, 0.25) is 0 Å². The summed E-state index contributed by atoms with van der Waals surface area (Å²) in [5.74, 6) is 0. The fraction of sp³-hybridized carbons (Fsp3) is 0. The van der Waals surface area contributed by atoms with E-state index >= 15 is 0 Å². The quantitative estimate of drug-likeness (QED) is 0.485. The van der Waals surface area contributed by atoms with Crippen molar-refractivity contribution in [2.75, 3.05) is 0 Å². The lowest BCUT2D eigenvalue weighted by Crippen LogP contribution is -1.63. The number of aromatic nitrogens is 3. The van der Waals surface area contributed by atoms with Crippen LogP contribution in [-0.4, -0.2) is 14.6 Å². The summed E-state index contributed by atoms with van der Waals surface area (Å²) in [6.07, 6.45) is 0. The van der Waals surface area contributed by atoms with E-state index in [-0.39, 0.29) is 0 Å². The lowest BCUT2D eigenvalue weighted by molar-refractivity contribution is 1.20. The summed E-state index contributed by atoms with van der Waals surface area (Å²) in [6.45, 7) is 0. The second-order valence-electron chi connectivity index (χ2n) is 3.56. The fourth-order valence-electron chi connectivity index (χ4n) is 1.53. The molecule has 0 aliphatic heterocycles. The summed E-state index contributed by atoms with van der Waals surface area (Å²) in [6, 6.07) is 16.0. The molecule has 0 atom stereocenters. The van der Waals surface area contributed by atoms with Gasteiger partial charge in [0.05, 0.1) is 20.4 Å². The minimum atomic E-state index is 0.988. The van der Waals surface area contributed by atoms with Crippen molar-refractivity contribution in [1.82, 2.24) is 14.6 Å². The predicted molar refractivity (Wildman–Crippen MR) is 77.0 cm³/mol. The molecule has 0 amide bonds. The van der Waals surface area contributed by atoms with Gasteiger partial charge in [-0.25, -0.2) is 4.98 Å². The number of fused-ring (bicyclic) bond motifs is 2. The van der Waals surface area contributed by atoms with E-state index in [4.69, 9.17) is 0 Å². The van der Waals surface area contributed by atoms with Crippen LogP contribution in [0.2, 0.25) is 0 Å². The van der Waals surface area contributed by atoms with Crippen LogP contribution in [0.5, 0.6) is 0 Å². The molecule has 0 unspecified atom stereocenters. The number of benzene rings is 2. The zero-order valence-corrected chi connectivity index (χ0v) is 11.0. The molecular weight excluding hydrogens is 262 g/mol. The Labute approximate surface area is 112 Å². The molecule has 2 heterocycles. The third kappa shape index (κ3) is 2.37. The molecule has 2 aromatic carbocycles. The maximum Gasteiger partial charge on any atom is 0.105 e. The lowest BCUT2D eigenvalue weighted by Gasteiger charge is -1.80. The zero-order chi connectivity index (χ0) is 12.2. The molecule has 0 fully saturated rings. The van der Waals surface area contributed by atoms with E-state index in [0.717, 1.165) is 15.7 Å². The van der Waals surface area contributed by atoms with Crippen LogP contribution in [0.3, 0.4) is 0 Å². The number of rotatable bonds is 0. The van der Waals surface area contributed by atoms with Crippen LogP contribution < -0.4 is 0 Å². The maximum absolute atomic E-state index is 4.14. The molecular formula is C13H9N3S2. The van der Waals surface area contributed by atoms with Crippen molar-refractivity contribution in [3.8, 4) is 0 Å². The van der Waals surface area contributed by atoms with Crippen molar-refractivity contribution in [1.29, 1.82) is 0 Å². The van der Waals surface area contributed by atoms with E-state index in [9.17, 15) is 0 Å². The number of hydrogen-bond donors (Lipinski definition) is 0. The van der Waals surface area contributed by atoms with E-state index in [1.54, 1.807) is 11.3 Å². The van der Waals surface area contributed by atoms with Gasteiger partial charge in [-0.15, -0.1) is 16.4 Å². The molecule has 88 valence electrons. The Kier molecular flexibility index (Phi) is 3.25. The second kappa shape index (κ2) is 5.20. The molecule has 0 bridgehead atoms. The maximum atomic E-state index is 4.14. The van der Waals surface area contributed by atoms with E-state index in [1.807, 2.05) is 48.0 Å². The summed E-state index contributed by atoms with van der Waals surface area (Å²) < 4.78 is 6.20. The molecule has 5 heteroatoms. The number of hydrogen-bond acceptors (Lipinski definition) is 5. The summed E-state index contributed by atoms with van der Waals surface area (Å²) in [5.41, 5.74) is 3.95. The van der Waals surface area contributed by atoms with Crippen molar-refractivity contribution in [2.45, 2.75) is 0 Å². The van der Waals surface area contributed by atoms with Crippen molar-refractivity contribution in [2.24, 2.45) is 0 Å². The van der Waals surface area contributed by atoms with Crippen molar-refractivity contribution in [3.63, 3.8) is 0 Å². The van der Waals surface area contributed by atoms with Gasteiger partial charge in [0.15, 0.2) is 0 Å². The highest BCUT2D eigenvalue weighted by molar-refractivity contribution is 7.16. The molecule has 0 spiro atoms. The lowest BCUT2D eigenvalue weighted by atomic mass is 10.3. The third-order valence-corrected chi connectivity index (χ3v) is 3.90. The van der Waals surface area contributed by atoms with Gasteiger partial charge in [-0.1, -0.05) is 28.8 Å². The highest BCUT2D eigenvalue weighted by Gasteiger charge is 1.91. The topological polar surface area (TPSA) is 38.7 Å². The number of nitrogens with zero attached hydrogens (tertiary/aromatic N) is 3. The largest absolute Gasteiger partial charge is 0.245 e. The summed E-state index contributed by atoms with van der Waals surface area (Å²) in [5, 5.41) is 3.89. The van der Waals surface area contributed by atoms with Gasteiger partial charge < -0.3 is 0 Å². The van der Waals surface area contributed by atoms with Gasteiger partial charge >= 0.3 is 0 Å². The van der Waals surface area contributed by atoms with Crippen LogP contribution in [0.25, 0.3) is 20.4 Å². The van der Waals surface area contributed by atoms with Crippen LogP contribution in [0, 0.1) is 0 Å². The Bertz CT molecular complexity index is 634. The summed E-state index contributed by atoms with van der Waals surface area (Å²) in [4.78, 5) is 4.14. The molecule has 4 rings (SSSR count). The van der Waals surface area contributed by atoms with Crippen LogP contribution in [0.4, 0.5) is 0 Å². The van der Waals surface area contributed by atoms with E-state index in [2.05, 4.69) is 20.6 Å². The van der Waals surface area contributed by atoms with E-state index in [1.165, 1.54) is 16.2 Å². The van der Waals surface area contributed by atoms with Crippen LogP contribution in [0.1, 0.15) is 0 Å². The Morgan fingerprint density at radius 3 is 2.28 bits per heavy atom. The van der Waals surface area contributed by atoms with Crippen LogP contribution in [-0.2, 0) is 0 Å². The molecule has 2 aromatic heterocycles. The van der Waals surface area contributed by atoms with Crippen molar-refractivity contribution >= 4 is 43.3 Å². The molecule has 0 aliphatic rings. The highest BCUT2D eigenvalue weighted by Crippen LogP contribution is 2.15. The summed E-state index contributed by atoms with van der Waals surface area (Å²) in [7, 11) is 0. The monoisotopic (exact) mass is 271 g/mol. The van der Waals surface area contributed by atoms with Crippen LogP contribution in [0.15, 0.2) is 54.0 Å². The van der Waals surface area contributed by atoms with E-state index < -0.39 is 0 Å². The Morgan fingerprint density at radius 1 is 0.778 bits per heavy atom. The standard InChI is InChI=1S/C7H5NS.C6H4N2S/c1-2-4-7-6(3-1)8-5-9-7;1-2-4-6-5(3-1)7-8-9-6/h1-5H;1-4H. The molecule has 0 saturated heterocycles. The van der Waals surface area contributed by atoms with E-state index in [0.29, 0.717) is 0 Å². The number of para-hydroxylation sites is 1. The molecule has 18 heavy (non-hydrogen) atoms. The molecule has 4 aromatic rings. The first-order valence-electron chi connectivity index (χ1n) is 5.39. The first kappa shape index (κ1) is 11.3. The van der Waals surface area contributed by atoms with Gasteiger partial charge in [0.25, 0.3) is 0 Å². The molecule has 0 radical (unpaired) electrons. The SMILES string of the molecule is c1ccc2scnc2c1.c1ccc2snnc2c1. The minimum absolute atomic E-state index is 0.988. The normalized spacial score (nSPS) is 10.2. The Morgan fingerprint density at radius 2 is 1.50 bits per heavy atom. The molecule has 3 nitrogen and oxygen atoms in total. The summed E-state index contributed by atoms with van der Waals surface area (Å²) >= 11 is 3.10.